The summed E-state index contributed by atoms with van der Waals surface area (Å²) in [4.78, 5) is 11.4. The lowest BCUT2D eigenvalue weighted by Crippen LogP contribution is -2.49. The molecule has 0 fully saturated rings. The quantitative estimate of drug-likeness (QED) is 0.578. The Hall–Kier alpha value is -0.610. The second kappa shape index (κ2) is 5.19. The van der Waals surface area contributed by atoms with E-state index in [9.17, 15) is 4.79 Å². The van der Waals surface area contributed by atoms with Gasteiger partial charge in [-0.15, -0.1) is 0 Å². The van der Waals surface area contributed by atoms with Gasteiger partial charge in [-0.2, -0.15) is 0 Å². The van der Waals surface area contributed by atoms with Crippen LogP contribution in [-0.4, -0.2) is 24.0 Å². The minimum Gasteiger partial charge on any atom is -0.350 e. The van der Waals surface area contributed by atoms with Crippen LogP contribution in [0.3, 0.4) is 0 Å². The Balaban J connectivity index is 3.83. The van der Waals surface area contributed by atoms with E-state index < -0.39 is 6.04 Å². The Bertz CT molecular complexity index is 163. The van der Waals surface area contributed by atoms with Crippen LogP contribution in [0.1, 0.15) is 33.6 Å². The lowest BCUT2D eigenvalue weighted by Gasteiger charge is -2.23. The summed E-state index contributed by atoms with van der Waals surface area (Å²) in [5.74, 6) is -0.0963. The molecule has 0 radical (unpaired) electrons. The van der Waals surface area contributed by atoms with Crippen LogP contribution in [0.2, 0.25) is 0 Å². The fourth-order valence-electron chi connectivity index (χ4n) is 0.931. The zero-order chi connectivity index (χ0) is 10.5. The van der Waals surface area contributed by atoms with Gasteiger partial charge in [0.15, 0.2) is 0 Å². The minimum atomic E-state index is -0.428. The Morgan fingerprint density at radius 1 is 1.46 bits per heavy atom. The molecule has 78 valence electrons. The maximum atomic E-state index is 11.4. The standard InChI is InChI=1S/C9H21N3O/c1-9(2,3)12-8(13)7(11)5-4-6-10/h7H,4-6,10-11H2,1-3H3,(H,12,13). The van der Waals surface area contributed by atoms with Crippen molar-refractivity contribution >= 4 is 5.91 Å². The first-order chi connectivity index (χ1) is 5.87. The van der Waals surface area contributed by atoms with Gasteiger partial charge in [-0.3, -0.25) is 4.79 Å². The lowest BCUT2D eigenvalue weighted by atomic mass is 10.1. The van der Waals surface area contributed by atoms with E-state index in [2.05, 4.69) is 5.32 Å². The smallest absolute Gasteiger partial charge is 0.237 e. The van der Waals surface area contributed by atoms with Crippen molar-refractivity contribution in [3.63, 3.8) is 0 Å². The van der Waals surface area contributed by atoms with E-state index in [0.717, 1.165) is 6.42 Å². The molecule has 0 aliphatic carbocycles. The van der Waals surface area contributed by atoms with Gasteiger partial charge in [-0.05, 0) is 40.2 Å². The van der Waals surface area contributed by atoms with E-state index >= 15 is 0 Å². The molecule has 0 saturated carbocycles. The summed E-state index contributed by atoms with van der Waals surface area (Å²) in [6, 6.07) is -0.428. The van der Waals surface area contributed by atoms with Crippen molar-refractivity contribution in [2.24, 2.45) is 11.5 Å². The second-order valence-corrected chi connectivity index (χ2v) is 4.28. The van der Waals surface area contributed by atoms with Gasteiger partial charge in [0.05, 0.1) is 6.04 Å². The van der Waals surface area contributed by atoms with Crippen LogP contribution in [0.5, 0.6) is 0 Å². The van der Waals surface area contributed by atoms with E-state index in [1.807, 2.05) is 20.8 Å². The van der Waals surface area contributed by atoms with Gasteiger partial charge in [0, 0.05) is 5.54 Å². The number of nitrogens with one attached hydrogen (secondary N) is 1. The number of rotatable bonds is 4. The van der Waals surface area contributed by atoms with Crippen LogP contribution in [-0.2, 0) is 4.79 Å². The van der Waals surface area contributed by atoms with Gasteiger partial charge in [-0.1, -0.05) is 0 Å². The molecule has 0 aromatic rings. The summed E-state index contributed by atoms with van der Waals surface area (Å²) in [5, 5.41) is 2.82. The van der Waals surface area contributed by atoms with E-state index in [4.69, 9.17) is 11.5 Å². The van der Waals surface area contributed by atoms with Crippen molar-refractivity contribution in [3.05, 3.63) is 0 Å². The molecule has 0 bridgehead atoms. The molecule has 4 nitrogen and oxygen atoms in total. The van der Waals surface area contributed by atoms with Crippen LogP contribution in [0.4, 0.5) is 0 Å². The molecule has 0 aliphatic heterocycles. The Labute approximate surface area is 80.0 Å². The summed E-state index contributed by atoms with van der Waals surface area (Å²) < 4.78 is 0. The maximum absolute atomic E-state index is 11.4. The number of hydrogen-bond acceptors (Lipinski definition) is 3. The average Bonchev–Trinajstić information content (AvgIpc) is 1.96. The third kappa shape index (κ3) is 6.54. The molecule has 0 spiro atoms. The Kier molecular flexibility index (Phi) is 4.95. The normalized spacial score (nSPS) is 13.9. The molecular weight excluding hydrogens is 166 g/mol. The SMILES string of the molecule is CC(C)(C)NC(=O)C(N)CCCN. The van der Waals surface area contributed by atoms with Gasteiger partial charge in [0.1, 0.15) is 0 Å². The van der Waals surface area contributed by atoms with Gasteiger partial charge >= 0.3 is 0 Å². The van der Waals surface area contributed by atoms with Crippen LogP contribution >= 0.6 is 0 Å². The summed E-state index contributed by atoms with van der Waals surface area (Å²) >= 11 is 0. The summed E-state index contributed by atoms with van der Waals surface area (Å²) in [5.41, 5.74) is 10.7. The predicted molar refractivity (Wildman–Crippen MR) is 54.2 cm³/mol. The maximum Gasteiger partial charge on any atom is 0.237 e. The molecule has 0 saturated heterocycles. The fraction of sp³-hybridized carbons (Fsp3) is 0.889. The number of carbonyl (C=O) groups is 1. The number of hydrogen-bond donors (Lipinski definition) is 3. The first-order valence-corrected chi connectivity index (χ1v) is 4.64. The molecule has 1 amide bonds. The van der Waals surface area contributed by atoms with Crippen molar-refractivity contribution in [2.45, 2.75) is 45.2 Å². The highest BCUT2D eigenvalue weighted by atomic mass is 16.2. The highest BCUT2D eigenvalue weighted by Crippen LogP contribution is 2.01. The minimum absolute atomic E-state index is 0.0963. The Morgan fingerprint density at radius 3 is 2.38 bits per heavy atom. The lowest BCUT2D eigenvalue weighted by molar-refractivity contribution is -0.123. The molecular formula is C9H21N3O. The zero-order valence-corrected chi connectivity index (χ0v) is 8.76. The van der Waals surface area contributed by atoms with Gasteiger partial charge < -0.3 is 16.8 Å². The van der Waals surface area contributed by atoms with Crippen LogP contribution in [0.15, 0.2) is 0 Å². The first-order valence-electron chi connectivity index (χ1n) is 4.64. The van der Waals surface area contributed by atoms with Crippen LogP contribution < -0.4 is 16.8 Å². The number of carbonyl (C=O) groups excluding carboxylic acids is 1. The molecule has 1 unspecified atom stereocenters. The molecule has 13 heavy (non-hydrogen) atoms. The molecule has 0 aliphatic rings. The molecule has 0 aromatic heterocycles. The average molecular weight is 187 g/mol. The summed E-state index contributed by atoms with van der Waals surface area (Å²) in [6.45, 7) is 6.37. The van der Waals surface area contributed by atoms with Gasteiger partial charge in [0.25, 0.3) is 0 Å². The molecule has 4 heteroatoms. The van der Waals surface area contributed by atoms with Crippen LogP contribution in [0.25, 0.3) is 0 Å². The summed E-state index contributed by atoms with van der Waals surface area (Å²) in [7, 11) is 0. The number of amides is 1. The van der Waals surface area contributed by atoms with E-state index in [-0.39, 0.29) is 11.4 Å². The Morgan fingerprint density at radius 2 is 2.00 bits per heavy atom. The molecule has 0 rings (SSSR count). The largest absolute Gasteiger partial charge is 0.350 e. The molecule has 0 aromatic carbocycles. The zero-order valence-electron chi connectivity index (χ0n) is 8.76. The third-order valence-electron chi connectivity index (χ3n) is 1.55. The first kappa shape index (κ1) is 12.4. The molecule has 0 heterocycles. The second-order valence-electron chi connectivity index (χ2n) is 4.28. The molecule has 5 N–H and O–H groups in total. The van der Waals surface area contributed by atoms with E-state index in [1.165, 1.54) is 0 Å². The van der Waals surface area contributed by atoms with Crippen molar-refractivity contribution < 1.29 is 4.79 Å². The third-order valence-corrected chi connectivity index (χ3v) is 1.55. The topological polar surface area (TPSA) is 81.1 Å². The van der Waals surface area contributed by atoms with E-state index in [1.54, 1.807) is 0 Å². The number of nitrogens with two attached hydrogens (primary N) is 2. The van der Waals surface area contributed by atoms with Crippen molar-refractivity contribution in [1.82, 2.24) is 5.32 Å². The van der Waals surface area contributed by atoms with Crippen molar-refractivity contribution in [2.75, 3.05) is 6.54 Å². The van der Waals surface area contributed by atoms with Gasteiger partial charge in [-0.25, -0.2) is 0 Å². The van der Waals surface area contributed by atoms with Crippen LogP contribution in [0, 0.1) is 0 Å². The summed E-state index contributed by atoms with van der Waals surface area (Å²) in [6.07, 6.45) is 1.44. The van der Waals surface area contributed by atoms with Crippen molar-refractivity contribution in [1.29, 1.82) is 0 Å². The fourth-order valence-corrected chi connectivity index (χ4v) is 0.931. The molecule has 1 atom stereocenters. The highest BCUT2D eigenvalue weighted by molar-refractivity contribution is 5.82. The van der Waals surface area contributed by atoms with Crippen molar-refractivity contribution in [3.8, 4) is 0 Å². The highest BCUT2D eigenvalue weighted by Gasteiger charge is 2.18. The van der Waals surface area contributed by atoms with E-state index in [0.29, 0.717) is 13.0 Å². The van der Waals surface area contributed by atoms with Gasteiger partial charge in [0.2, 0.25) is 5.91 Å². The predicted octanol–water partition coefficient (Wildman–Crippen LogP) is -0.0327. The monoisotopic (exact) mass is 187 g/mol.